The largest absolute Gasteiger partial charge is 0.381 e. The molecule has 1 aromatic heterocycles. The molecule has 1 unspecified atom stereocenters. The molecule has 3 heterocycles. The zero-order valence-electron chi connectivity index (χ0n) is 17.3. The van der Waals surface area contributed by atoms with E-state index in [1.165, 1.54) is 6.07 Å². The summed E-state index contributed by atoms with van der Waals surface area (Å²) in [5.41, 5.74) is 0. The maximum Gasteiger partial charge on any atom is 0.191 e. The predicted octanol–water partition coefficient (Wildman–Crippen LogP) is 3.27. The predicted molar refractivity (Wildman–Crippen MR) is 130 cm³/mol. The molecule has 0 aromatic carbocycles. The minimum absolute atomic E-state index is 0. The summed E-state index contributed by atoms with van der Waals surface area (Å²) in [7, 11) is 0. The van der Waals surface area contributed by atoms with Crippen LogP contribution in [0, 0.1) is 5.82 Å². The molecule has 1 atom stereocenters. The molecule has 1 aromatic rings. The first-order chi connectivity index (χ1) is 13.7. The molecule has 0 saturated carbocycles. The first-order valence-corrected chi connectivity index (χ1v) is 11.3. The molecule has 6 nitrogen and oxygen atoms in total. The molecule has 2 saturated heterocycles. The Morgan fingerprint density at radius 1 is 1.41 bits per heavy atom. The topological polar surface area (TPSA) is 61.8 Å². The Labute approximate surface area is 194 Å². The summed E-state index contributed by atoms with van der Waals surface area (Å²) in [4.78, 5) is 11.1. The summed E-state index contributed by atoms with van der Waals surface area (Å²) in [6.07, 6.45) is 4.67. The maximum atomic E-state index is 14.0. The van der Waals surface area contributed by atoms with Crippen LogP contribution >= 0.6 is 35.7 Å². The zero-order valence-corrected chi connectivity index (χ0v) is 20.5. The molecule has 29 heavy (non-hydrogen) atoms. The standard InChI is InChI=1S/C20H32FN5OS.HI/c1-3-22-19(24-15-20(28-4-2)8-12-27-13-9-20)25-16-7-11-26(14-16)18-17(21)6-5-10-23-18;/h5-6,10,16H,3-4,7-9,11-15H2,1-2H3,(H2,22,24,25);1H. The Morgan fingerprint density at radius 3 is 2.90 bits per heavy atom. The van der Waals surface area contributed by atoms with Crippen molar-refractivity contribution >= 4 is 47.5 Å². The number of nitrogens with zero attached hydrogens (tertiary/aromatic N) is 3. The third kappa shape index (κ3) is 6.85. The van der Waals surface area contributed by atoms with E-state index in [-0.39, 0.29) is 40.6 Å². The van der Waals surface area contributed by atoms with Gasteiger partial charge in [0.05, 0.1) is 6.54 Å². The van der Waals surface area contributed by atoms with Crippen LogP contribution in [-0.4, -0.2) is 66.9 Å². The van der Waals surface area contributed by atoms with E-state index in [9.17, 15) is 4.39 Å². The number of aromatic nitrogens is 1. The molecule has 164 valence electrons. The van der Waals surface area contributed by atoms with Gasteiger partial charge >= 0.3 is 0 Å². The SMILES string of the molecule is CCNC(=NCC1(SCC)CCOCC1)NC1CCN(c2ncccc2F)C1.I. The maximum absolute atomic E-state index is 14.0. The quantitative estimate of drug-likeness (QED) is 0.317. The third-order valence-electron chi connectivity index (χ3n) is 5.29. The second-order valence-corrected chi connectivity index (χ2v) is 9.04. The Kier molecular flexibility index (Phi) is 10.2. The van der Waals surface area contributed by atoms with Gasteiger partial charge in [0.1, 0.15) is 0 Å². The molecule has 2 aliphatic rings. The van der Waals surface area contributed by atoms with Crippen molar-refractivity contribution in [2.24, 2.45) is 4.99 Å². The van der Waals surface area contributed by atoms with Crippen molar-refractivity contribution in [2.45, 2.75) is 43.9 Å². The van der Waals surface area contributed by atoms with Gasteiger partial charge in [-0.1, -0.05) is 6.92 Å². The number of pyridine rings is 1. The summed E-state index contributed by atoms with van der Waals surface area (Å²) in [6.45, 7) is 9.04. The number of nitrogens with one attached hydrogen (secondary N) is 2. The zero-order chi connectivity index (χ0) is 19.8. The fourth-order valence-electron chi connectivity index (χ4n) is 3.81. The van der Waals surface area contributed by atoms with E-state index in [0.717, 1.165) is 70.4 Å². The van der Waals surface area contributed by atoms with E-state index >= 15 is 0 Å². The lowest BCUT2D eigenvalue weighted by Gasteiger charge is -2.35. The summed E-state index contributed by atoms with van der Waals surface area (Å²) in [5.74, 6) is 2.11. The van der Waals surface area contributed by atoms with Gasteiger partial charge in [-0.25, -0.2) is 9.37 Å². The fourth-order valence-corrected chi connectivity index (χ4v) is 5.04. The molecule has 0 amide bonds. The van der Waals surface area contributed by atoms with Crippen molar-refractivity contribution < 1.29 is 9.13 Å². The van der Waals surface area contributed by atoms with Crippen LogP contribution in [0.1, 0.15) is 33.1 Å². The van der Waals surface area contributed by atoms with Crippen LogP contribution in [0.4, 0.5) is 10.2 Å². The van der Waals surface area contributed by atoms with Gasteiger partial charge in [0, 0.05) is 49.8 Å². The van der Waals surface area contributed by atoms with Crippen LogP contribution in [-0.2, 0) is 4.74 Å². The van der Waals surface area contributed by atoms with Gasteiger partial charge in [-0.3, -0.25) is 4.99 Å². The highest BCUT2D eigenvalue weighted by atomic mass is 127. The van der Waals surface area contributed by atoms with E-state index in [1.807, 2.05) is 16.7 Å². The molecule has 2 N–H and O–H groups in total. The number of hydrogen-bond acceptors (Lipinski definition) is 5. The number of rotatable bonds is 7. The molecule has 0 spiro atoms. The van der Waals surface area contributed by atoms with Crippen molar-refractivity contribution in [3.05, 3.63) is 24.1 Å². The molecular weight excluding hydrogens is 504 g/mol. The van der Waals surface area contributed by atoms with Crippen LogP contribution in [0.5, 0.6) is 0 Å². The average molecular weight is 537 g/mol. The first-order valence-electron chi connectivity index (χ1n) is 10.3. The first kappa shape index (κ1) is 24.5. The van der Waals surface area contributed by atoms with Gasteiger partial charge in [0.2, 0.25) is 0 Å². The van der Waals surface area contributed by atoms with Crippen molar-refractivity contribution in [3.63, 3.8) is 0 Å². The number of thioether (sulfide) groups is 1. The summed E-state index contributed by atoms with van der Waals surface area (Å²) in [6, 6.07) is 3.32. The second-order valence-electron chi connectivity index (χ2n) is 7.31. The van der Waals surface area contributed by atoms with Crippen molar-refractivity contribution in [1.29, 1.82) is 0 Å². The Bertz CT molecular complexity index is 654. The molecule has 2 aliphatic heterocycles. The lowest BCUT2D eigenvalue weighted by Crippen LogP contribution is -2.46. The third-order valence-corrected chi connectivity index (χ3v) is 6.73. The summed E-state index contributed by atoms with van der Waals surface area (Å²) < 4.78 is 19.8. The number of hydrogen-bond donors (Lipinski definition) is 2. The Balaban J connectivity index is 0.00000300. The van der Waals surface area contributed by atoms with E-state index in [2.05, 4.69) is 29.5 Å². The molecule has 3 rings (SSSR count). The molecule has 0 aliphatic carbocycles. The summed E-state index contributed by atoms with van der Waals surface area (Å²) >= 11 is 2.00. The van der Waals surface area contributed by atoms with E-state index < -0.39 is 0 Å². The second kappa shape index (κ2) is 12.1. The Hall–Kier alpha value is -0.810. The molecule has 2 fully saturated rings. The van der Waals surface area contributed by atoms with Crippen LogP contribution in [0.2, 0.25) is 0 Å². The van der Waals surface area contributed by atoms with Gasteiger partial charge in [-0.15, -0.1) is 24.0 Å². The van der Waals surface area contributed by atoms with Crippen LogP contribution < -0.4 is 15.5 Å². The summed E-state index contributed by atoms with van der Waals surface area (Å²) in [5, 5.41) is 6.91. The highest BCUT2D eigenvalue weighted by Gasteiger charge is 2.33. The number of guanidine groups is 1. The van der Waals surface area contributed by atoms with Crippen LogP contribution in [0.15, 0.2) is 23.3 Å². The highest BCUT2D eigenvalue weighted by Crippen LogP contribution is 2.35. The van der Waals surface area contributed by atoms with E-state index in [0.29, 0.717) is 5.82 Å². The van der Waals surface area contributed by atoms with E-state index in [1.54, 1.807) is 12.3 Å². The van der Waals surface area contributed by atoms with Gasteiger partial charge < -0.3 is 20.3 Å². The van der Waals surface area contributed by atoms with E-state index in [4.69, 9.17) is 9.73 Å². The fraction of sp³-hybridized carbons (Fsp3) is 0.700. The molecule has 9 heteroatoms. The van der Waals surface area contributed by atoms with Gasteiger partial charge in [-0.2, -0.15) is 11.8 Å². The highest BCUT2D eigenvalue weighted by molar-refractivity contribution is 14.0. The van der Waals surface area contributed by atoms with Crippen LogP contribution in [0.25, 0.3) is 0 Å². The van der Waals surface area contributed by atoms with Crippen molar-refractivity contribution in [1.82, 2.24) is 15.6 Å². The minimum Gasteiger partial charge on any atom is -0.381 e. The lowest BCUT2D eigenvalue weighted by atomic mass is 9.99. The lowest BCUT2D eigenvalue weighted by molar-refractivity contribution is 0.0793. The molecule has 0 bridgehead atoms. The van der Waals surface area contributed by atoms with Crippen LogP contribution in [0.3, 0.4) is 0 Å². The van der Waals surface area contributed by atoms with Gasteiger partial charge in [-0.05, 0) is 44.1 Å². The van der Waals surface area contributed by atoms with Crippen molar-refractivity contribution in [2.75, 3.05) is 50.0 Å². The number of aliphatic imine (C=N–C) groups is 1. The normalized spacial score (nSPS) is 21.6. The minimum atomic E-state index is -0.262. The number of ether oxygens (including phenoxy) is 1. The smallest absolute Gasteiger partial charge is 0.191 e. The monoisotopic (exact) mass is 537 g/mol. The number of halogens is 2. The Morgan fingerprint density at radius 2 is 2.21 bits per heavy atom. The van der Waals surface area contributed by atoms with Gasteiger partial charge in [0.15, 0.2) is 17.6 Å². The van der Waals surface area contributed by atoms with Crippen molar-refractivity contribution in [3.8, 4) is 0 Å². The number of anilines is 1. The molecular formula is C20H33FIN5OS. The van der Waals surface area contributed by atoms with Gasteiger partial charge in [0.25, 0.3) is 0 Å². The average Bonchev–Trinajstić information content (AvgIpc) is 3.16. The molecule has 0 radical (unpaired) electrons.